The molecule has 0 saturated carbocycles. The third kappa shape index (κ3) is 10.6. The summed E-state index contributed by atoms with van der Waals surface area (Å²) >= 11 is 0. The van der Waals surface area contributed by atoms with Gasteiger partial charge in [0.25, 0.3) is 0 Å². The van der Waals surface area contributed by atoms with E-state index >= 15 is 0 Å². The van der Waals surface area contributed by atoms with Crippen LogP contribution >= 0.6 is 0 Å². The SMILES string of the molecule is CCC1=C(CC)c2nc1cc1[nH]c(cc3[nH]c(cc4nc(c2CCC2C5NC(CC6NC(CC7NC(CC8NC2C(CC)C8CC)C(CC)=C7CC)C(CC)C6CC)C(CC)=C5CC)C(CC)=C4CC)c(CC)c3CC)c(CC)c1CC. The average Bonchev–Trinajstić information content (AvgIpc) is 4.25. The number of fused-ring (bicyclic) bond motifs is 16. The van der Waals surface area contributed by atoms with Crippen molar-refractivity contribution in [3.05, 3.63) is 91.1 Å². The molecule has 448 valence electrons. The molecule has 0 aliphatic carbocycles. The Morgan fingerprint density at radius 2 is 0.732 bits per heavy atom. The lowest BCUT2D eigenvalue weighted by atomic mass is 9.73. The minimum atomic E-state index is 0.307. The molecule has 3 aromatic rings. The Bertz CT molecular complexity index is 2980. The maximum Gasteiger partial charge on any atom is 0.0726 e. The van der Waals surface area contributed by atoms with Crippen LogP contribution in [0.15, 0.2) is 40.5 Å². The van der Waals surface area contributed by atoms with Crippen LogP contribution in [0.2, 0.25) is 0 Å². The normalized spacial score (nSPS) is 29.4. The monoisotopic (exact) mass is 1110 g/mol. The number of aryl methyl sites for hydroxylation is 4. The molecule has 7 aliphatic heterocycles. The standard InChI is InChI=1S/C74H112N8/c1-17-41-45(21-5)63-37-67-49(25-9)53(29-13)71(79-67)57(72-54(30-14)50(26-10)68(80-72)38-64-46(22-6)42(18-2)60(76-64)35-59(41)75-63)33-34-58-73-55(31-15)51(27-11)69(81-73)39-65-47(23-7)43(19-3)61(77-65)36-62-44(20-4)48(24-8)66(78-62)40-70-52(28-12)56(32-16)74(58)82-70/h35,37-38,43,47,52,56,58,61-62,65-66,69-70,73-78,81-82H,17-34,36,39-40H2,1-16H3. The Balaban J connectivity index is 1.21. The Hall–Kier alpha value is -4.08. The van der Waals surface area contributed by atoms with E-state index in [1.54, 1.807) is 22.3 Å². The van der Waals surface area contributed by atoms with Gasteiger partial charge in [0.15, 0.2) is 0 Å². The van der Waals surface area contributed by atoms with Crippen molar-refractivity contribution in [1.82, 2.24) is 41.2 Å². The Kier molecular flexibility index (Phi) is 19.5. The number of aromatic nitrogens is 4. The molecule has 8 heteroatoms. The zero-order chi connectivity index (χ0) is 58.3. The van der Waals surface area contributed by atoms with Gasteiger partial charge in [0.1, 0.15) is 0 Å². The van der Waals surface area contributed by atoms with Gasteiger partial charge >= 0.3 is 0 Å². The van der Waals surface area contributed by atoms with Crippen LogP contribution in [0.25, 0.3) is 44.4 Å². The highest BCUT2D eigenvalue weighted by Crippen LogP contribution is 2.49. The zero-order valence-electron chi connectivity index (χ0n) is 54.5. The molecule has 7 aliphatic rings. The summed E-state index contributed by atoms with van der Waals surface area (Å²) in [5.41, 5.74) is 29.2. The highest BCUT2D eigenvalue weighted by Gasteiger charge is 2.51. The van der Waals surface area contributed by atoms with Gasteiger partial charge in [0.2, 0.25) is 0 Å². The predicted molar refractivity (Wildman–Crippen MR) is 352 cm³/mol. The summed E-state index contributed by atoms with van der Waals surface area (Å²) in [6.45, 7) is 38.7. The third-order valence-electron chi connectivity index (χ3n) is 22.9. The van der Waals surface area contributed by atoms with Crippen LogP contribution in [-0.2, 0) is 32.1 Å². The lowest BCUT2D eigenvalue weighted by Crippen LogP contribution is -2.50. The fraction of sp³-hybridized carbons (Fsp3) is 0.676. The van der Waals surface area contributed by atoms with E-state index in [0.717, 1.165) is 101 Å². The van der Waals surface area contributed by atoms with E-state index < -0.39 is 0 Å². The molecule has 82 heavy (non-hydrogen) atoms. The third-order valence-corrected chi connectivity index (χ3v) is 22.9. The summed E-state index contributed by atoms with van der Waals surface area (Å²) in [6.07, 6.45) is 22.7. The van der Waals surface area contributed by atoms with E-state index in [1.165, 1.54) is 129 Å². The van der Waals surface area contributed by atoms with Crippen molar-refractivity contribution < 1.29 is 0 Å². The molecule has 6 N–H and O–H groups in total. The Labute approximate surface area is 497 Å². The summed E-state index contributed by atoms with van der Waals surface area (Å²) in [6, 6.07) is 10.8. The van der Waals surface area contributed by atoms with E-state index in [4.69, 9.17) is 15.3 Å². The summed E-state index contributed by atoms with van der Waals surface area (Å²) < 4.78 is 0. The number of hydrogen-bond acceptors (Lipinski definition) is 6. The van der Waals surface area contributed by atoms with Gasteiger partial charge in [-0.15, -0.1) is 0 Å². The lowest BCUT2D eigenvalue weighted by Gasteiger charge is -2.36. The molecule has 0 amide bonds. The summed E-state index contributed by atoms with van der Waals surface area (Å²) in [5.74, 6) is 3.00. The van der Waals surface area contributed by atoms with Gasteiger partial charge in [0.05, 0.1) is 22.8 Å². The van der Waals surface area contributed by atoms with Crippen molar-refractivity contribution in [3.8, 4) is 0 Å². The fourth-order valence-corrected chi connectivity index (χ4v) is 19.4. The molecule has 0 aromatic carbocycles. The second-order valence-electron chi connectivity index (χ2n) is 26.0. The molecule has 10 heterocycles. The molecule has 3 fully saturated rings. The molecule has 13 atom stereocenters. The number of rotatable bonds is 19. The van der Waals surface area contributed by atoms with Crippen LogP contribution < -0.4 is 21.3 Å². The molecule has 16 bridgehead atoms. The molecule has 8 nitrogen and oxygen atoms in total. The Morgan fingerprint density at radius 3 is 1.12 bits per heavy atom. The second kappa shape index (κ2) is 26.3. The molecular formula is C74H112N8. The minimum Gasteiger partial charge on any atom is -0.355 e. The van der Waals surface area contributed by atoms with Gasteiger partial charge in [-0.3, -0.25) is 0 Å². The van der Waals surface area contributed by atoms with E-state index in [-0.39, 0.29) is 0 Å². The number of hydrogen-bond donors (Lipinski definition) is 6. The van der Waals surface area contributed by atoms with Crippen LogP contribution in [0.3, 0.4) is 0 Å². The first-order chi connectivity index (χ1) is 39.9. The number of allylic oxidation sites excluding steroid dienone is 4. The van der Waals surface area contributed by atoms with E-state index in [1.807, 2.05) is 0 Å². The molecular weight excluding hydrogens is 1000 g/mol. The van der Waals surface area contributed by atoms with Crippen LogP contribution in [0.5, 0.6) is 0 Å². The van der Waals surface area contributed by atoms with E-state index in [2.05, 4.69) is 155 Å². The molecule has 13 unspecified atom stereocenters. The second-order valence-corrected chi connectivity index (χ2v) is 26.0. The van der Waals surface area contributed by atoms with Crippen LogP contribution in [0.1, 0.15) is 264 Å². The highest BCUT2D eigenvalue weighted by molar-refractivity contribution is 5.98. The maximum absolute atomic E-state index is 6.01. The van der Waals surface area contributed by atoms with Gasteiger partial charge < -0.3 is 31.2 Å². The number of nitrogens with one attached hydrogen (secondary N) is 6. The van der Waals surface area contributed by atoms with E-state index in [0.29, 0.717) is 77.9 Å². The predicted octanol–water partition coefficient (Wildman–Crippen LogP) is 17.5. The summed E-state index contributed by atoms with van der Waals surface area (Å²) in [5, 5.41) is 18.3. The molecule has 0 spiro atoms. The highest BCUT2D eigenvalue weighted by atomic mass is 15.1. The Morgan fingerprint density at radius 1 is 0.354 bits per heavy atom. The van der Waals surface area contributed by atoms with Gasteiger partial charge in [-0.25, -0.2) is 9.97 Å². The first-order valence-corrected chi connectivity index (χ1v) is 34.7. The van der Waals surface area contributed by atoms with Crippen LogP contribution in [0.4, 0.5) is 0 Å². The maximum atomic E-state index is 6.01. The van der Waals surface area contributed by atoms with Crippen LogP contribution in [0, 0.1) is 29.6 Å². The first kappa shape index (κ1) is 61.0. The summed E-state index contributed by atoms with van der Waals surface area (Å²) in [4.78, 5) is 20.1. The van der Waals surface area contributed by atoms with E-state index in [9.17, 15) is 0 Å². The van der Waals surface area contributed by atoms with Crippen molar-refractivity contribution >= 4 is 44.4 Å². The quantitative estimate of drug-likeness (QED) is 0.0668. The first-order valence-electron chi connectivity index (χ1n) is 34.7. The van der Waals surface area contributed by atoms with Crippen molar-refractivity contribution in [3.63, 3.8) is 0 Å². The molecule has 0 radical (unpaired) electrons. The van der Waals surface area contributed by atoms with Crippen molar-refractivity contribution in [2.75, 3.05) is 0 Å². The molecule has 3 aromatic heterocycles. The fourth-order valence-electron chi connectivity index (χ4n) is 19.4. The van der Waals surface area contributed by atoms with Gasteiger partial charge in [-0.2, -0.15) is 0 Å². The average molecular weight is 1110 g/mol. The number of aromatic amines is 2. The van der Waals surface area contributed by atoms with Gasteiger partial charge in [-0.1, -0.05) is 159 Å². The smallest absolute Gasteiger partial charge is 0.0726 e. The van der Waals surface area contributed by atoms with Gasteiger partial charge in [0, 0.05) is 76.0 Å². The molecule has 3 saturated heterocycles. The largest absolute Gasteiger partial charge is 0.355 e. The van der Waals surface area contributed by atoms with Gasteiger partial charge in [-0.05, 0) is 201 Å². The van der Waals surface area contributed by atoms with Crippen molar-refractivity contribution in [2.45, 2.75) is 294 Å². The number of H-pyrrole nitrogens is 2. The number of nitrogens with zero attached hydrogens (tertiary/aromatic N) is 2. The zero-order valence-corrected chi connectivity index (χ0v) is 54.5. The van der Waals surface area contributed by atoms with Crippen molar-refractivity contribution in [2.24, 2.45) is 29.6 Å². The van der Waals surface area contributed by atoms with Crippen molar-refractivity contribution in [1.29, 1.82) is 0 Å². The molecule has 10 rings (SSSR count). The topological polar surface area (TPSA) is 105 Å². The minimum absolute atomic E-state index is 0.307. The lowest BCUT2D eigenvalue weighted by molar-refractivity contribution is 0.220. The summed E-state index contributed by atoms with van der Waals surface area (Å²) in [7, 11) is 0. The van der Waals surface area contributed by atoms with Crippen LogP contribution in [-0.4, -0.2) is 68.3 Å².